The Morgan fingerprint density at radius 1 is 1.75 bits per heavy atom. The summed E-state index contributed by atoms with van der Waals surface area (Å²) in [5, 5.41) is 7.93. The maximum atomic E-state index is 10.7. The average molecular weight is 183 g/mol. The maximum absolute atomic E-state index is 10.7. The highest BCUT2D eigenvalue weighted by Crippen LogP contribution is 2.18. The number of rotatable bonds is 3. The molecule has 0 aromatic carbocycles. The van der Waals surface area contributed by atoms with Gasteiger partial charge in [-0.3, -0.25) is 4.79 Å². The molecule has 0 saturated carbocycles. The standard InChI is InChI=1S/C7H9N3OS/c1-5(7(8)11)12-6-3-2-4-9-10-6/h2-5H,1H3,(H2,8,11). The molecule has 1 rings (SSSR count). The summed E-state index contributed by atoms with van der Waals surface area (Å²) in [6.07, 6.45) is 1.58. The van der Waals surface area contributed by atoms with Crippen LogP contribution in [0.15, 0.2) is 23.4 Å². The first-order chi connectivity index (χ1) is 5.70. The highest BCUT2D eigenvalue weighted by molar-refractivity contribution is 8.00. The minimum atomic E-state index is -0.342. The fourth-order valence-electron chi connectivity index (χ4n) is 0.589. The van der Waals surface area contributed by atoms with Crippen LogP contribution in [-0.4, -0.2) is 21.4 Å². The lowest BCUT2D eigenvalue weighted by atomic mass is 10.5. The lowest BCUT2D eigenvalue weighted by Gasteiger charge is -2.03. The van der Waals surface area contributed by atoms with Gasteiger partial charge in [0, 0.05) is 6.20 Å². The number of nitrogens with two attached hydrogens (primary N) is 1. The third-order valence-electron chi connectivity index (χ3n) is 1.25. The fourth-order valence-corrected chi connectivity index (χ4v) is 1.32. The first-order valence-corrected chi connectivity index (χ1v) is 4.32. The van der Waals surface area contributed by atoms with Gasteiger partial charge in [-0.05, 0) is 19.1 Å². The molecule has 1 atom stereocenters. The Labute approximate surface area is 74.6 Å². The van der Waals surface area contributed by atoms with Crippen molar-refractivity contribution in [3.63, 3.8) is 0 Å². The lowest BCUT2D eigenvalue weighted by Crippen LogP contribution is -2.22. The average Bonchev–Trinajstić information content (AvgIpc) is 2.06. The Kier molecular flexibility index (Phi) is 3.04. The van der Waals surface area contributed by atoms with Gasteiger partial charge in [0.05, 0.1) is 5.25 Å². The van der Waals surface area contributed by atoms with E-state index in [4.69, 9.17) is 5.73 Å². The van der Waals surface area contributed by atoms with Crippen molar-refractivity contribution in [1.82, 2.24) is 10.2 Å². The van der Waals surface area contributed by atoms with Gasteiger partial charge in [-0.1, -0.05) is 11.8 Å². The second-order valence-corrected chi connectivity index (χ2v) is 3.59. The van der Waals surface area contributed by atoms with E-state index in [1.165, 1.54) is 11.8 Å². The van der Waals surface area contributed by atoms with Crippen LogP contribution in [0, 0.1) is 0 Å². The molecule has 1 unspecified atom stereocenters. The van der Waals surface area contributed by atoms with Crippen molar-refractivity contribution < 1.29 is 4.79 Å². The summed E-state index contributed by atoms with van der Waals surface area (Å²) in [5.74, 6) is -0.342. The summed E-state index contributed by atoms with van der Waals surface area (Å²) in [7, 11) is 0. The number of nitrogens with zero attached hydrogens (tertiary/aromatic N) is 2. The van der Waals surface area contributed by atoms with Crippen LogP contribution in [0.25, 0.3) is 0 Å². The minimum absolute atomic E-state index is 0.262. The van der Waals surface area contributed by atoms with Gasteiger partial charge in [-0.15, -0.1) is 5.10 Å². The predicted octanol–water partition coefficient (Wildman–Crippen LogP) is 0.442. The molecule has 12 heavy (non-hydrogen) atoms. The second-order valence-electron chi connectivity index (χ2n) is 2.22. The van der Waals surface area contributed by atoms with Crippen molar-refractivity contribution in [2.24, 2.45) is 5.73 Å². The summed E-state index contributed by atoms with van der Waals surface area (Å²) in [5.41, 5.74) is 5.08. The maximum Gasteiger partial charge on any atom is 0.230 e. The molecule has 1 amide bonds. The molecule has 0 saturated heterocycles. The van der Waals surface area contributed by atoms with Gasteiger partial charge in [0.15, 0.2) is 0 Å². The van der Waals surface area contributed by atoms with Gasteiger partial charge in [0.1, 0.15) is 5.03 Å². The number of carbonyl (C=O) groups excluding carboxylic acids is 1. The number of hydrogen-bond donors (Lipinski definition) is 1. The number of amides is 1. The molecule has 0 aliphatic rings. The van der Waals surface area contributed by atoms with Crippen LogP contribution < -0.4 is 5.73 Å². The summed E-state index contributed by atoms with van der Waals surface area (Å²) in [6.45, 7) is 1.74. The van der Waals surface area contributed by atoms with Crippen LogP contribution in [0.2, 0.25) is 0 Å². The minimum Gasteiger partial charge on any atom is -0.369 e. The number of aromatic nitrogens is 2. The Morgan fingerprint density at radius 3 is 3.00 bits per heavy atom. The molecule has 1 aromatic heterocycles. The zero-order valence-corrected chi connectivity index (χ0v) is 7.41. The summed E-state index contributed by atoms with van der Waals surface area (Å²) in [4.78, 5) is 10.7. The highest BCUT2D eigenvalue weighted by atomic mass is 32.2. The molecule has 64 valence electrons. The Hall–Kier alpha value is -1.10. The van der Waals surface area contributed by atoms with E-state index in [0.29, 0.717) is 5.03 Å². The van der Waals surface area contributed by atoms with Crippen LogP contribution in [0.5, 0.6) is 0 Å². The molecule has 0 spiro atoms. The Morgan fingerprint density at radius 2 is 2.50 bits per heavy atom. The van der Waals surface area contributed by atoms with Crippen LogP contribution in [-0.2, 0) is 4.79 Å². The number of thioether (sulfide) groups is 1. The Balaban J connectivity index is 2.58. The fraction of sp³-hybridized carbons (Fsp3) is 0.286. The molecule has 1 heterocycles. The molecule has 4 nitrogen and oxygen atoms in total. The molecule has 0 aliphatic carbocycles. The van der Waals surface area contributed by atoms with E-state index in [1.54, 1.807) is 25.3 Å². The van der Waals surface area contributed by atoms with Crippen LogP contribution in [0.3, 0.4) is 0 Å². The van der Waals surface area contributed by atoms with E-state index in [9.17, 15) is 4.79 Å². The predicted molar refractivity (Wildman–Crippen MR) is 46.5 cm³/mol. The molecule has 1 aromatic rings. The molecular weight excluding hydrogens is 174 g/mol. The van der Waals surface area contributed by atoms with Crippen LogP contribution >= 0.6 is 11.8 Å². The SMILES string of the molecule is CC(Sc1cccnn1)C(N)=O. The number of hydrogen-bond acceptors (Lipinski definition) is 4. The zero-order chi connectivity index (χ0) is 8.97. The van der Waals surface area contributed by atoms with Crippen molar-refractivity contribution >= 4 is 17.7 Å². The van der Waals surface area contributed by atoms with Gasteiger partial charge in [-0.25, -0.2) is 0 Å². The zero-order valence-electron chi connectivity index (χ0n) is 6.60. The molecule has 0 fully saturated rings. The summed E-state index contributed by atoms with van der Waals surface area (Å²) in [6, 6.07) is 3.56. The molecule has 0 aliphatic heterocycles. The van der Waals surface area contributed by atoms with E-state index in [2.05, 4.69) is 10.2 Å². The van der Waals surface area contributed by atoms with E-state index < -0.39 is 0 Å². The van der Waals surface area contributed by atoms with E-state index >= 15 is 0 Å². The van der Waals surface area contributed by atoms with E-state index in [-0.39, 0.29) is 11.2 Å². The van der Waals surface area contributed by atoms with Crippen LogP contribution in [0.1, 0.15) is 6.92 Å². The summed E-state index contributed by atoms with van der Waals surface area (Å²) >= 11 is 1.30. The number of carbonyl (C=O) groups is 1. The lowest BCUT2D eigenvalue weighted by molar-refractivity contribution is -0.117. The first kappa shape index (κ1) is 8.99. The Bertz CT molecular complexity index is 265. The molecule has 0 radical (unpaired) electrons. The van der Waals surface area contributed by atoms with Gasteiger partial charge in [0.2, 0.25) is 5.91 Å². The van der Waals surface area contributed by atoms with Gasteiger partial charge in [0.25, 0.3) is 0 Å². The number of primary amides is 1. The summed E-state index contributed by atoms with van der Waals surface area (Å²) < 4.78 is 0. The molecular formula is C7H9N3OS. The monoisotopic (exact) mass is 183 g/mol. The van der Waals surface area contributed by atoms with Crippen LogP contribution in [0.4, 0.5) is 0 Å². The molecule has 0 bridgehead atoms. The largest absolute Gasteiger partial charge is 0.369 e. The van der Waals surface area contributed by atoms with Gasteiger partial charge in [-0.2, -0.15) is 5.10 Å². The quantitative estimate of drug-likeness (QED) is 0.690. The van der Waals surface area contributed by atoms with Gasteiger partial charge >= 0.3 is 0 Å². The second kappa shape index (κ2) is 4.06. The first-order valence-electron chi connectivity index (χ1n) is 3.44. The van der Waals surface area contributed by atoms with Crippen molar-refractivity contribution in [3.05, 3.63) is 18.3 Å². The van der Waals surface area contributed by atoms with Crippen molar-refractivity contribution in [1.29, 1.82) is 0 Å². The van der Waals surface area contributed by atoms with Gasteiger partial charge < -0.3 is 5.73 Å². The van der Waals surface area contributed by atoms with E-state index in [1.807, 2.05) is 0 Å². The highest BCUT2D eigenvalue weighted by Gasteiger charge is 2.10. The normalized spacial score (nSPS) is 12.4. The van der Waals surface area contributed by atoms with Crippen molar-refractivity contribution in [3.8, 4) is 0 Å². The molecule has 2 N–H and O–H groups in total. The molecule has 5 heteroatoms. The van der Waals surface area contributed by atoms with E-state index in [0.717, 1.165) is 0 Å². The third kappa shape index (κ3) is 2.50. The third-order valence-corrected chi connectivity index (χ3v) is 2.29. The van der Waals surface area contributed by atoms with Crippen molar-refractivity contribution in [2.45, 2.75) is 17.2 Å². The topological polar surface area (TPSA) is 68.9 Å². The van der Waals surface area contributed by atoms with Crippen molar-refractivity contribution in [2.75, 3.05) is 0 Å². The smallest absolute Gasteiger partial charge is 0.230 e.